The van der Waals surface area contributed by atoms with Crippen molar-refractivity contribution in [2.24, 2.45) is 5.10 Å². The first kappa shape index (κ1) is 15.4. The minimum absolute atomic E-state index is 0.183. The molecule has 114 valence electrons. The first-order valence-corrected chi connectivity index (χ1v) is 5.72. The van der Waals surface area contributed by atoms with E-state index in [4.69, 9.17) is 0 Å². The van der Waals surface area contributed by atoms with Gasteiger partial charge in [0.2, 0.25) is 5.72 Å². The Morgan fingerprint density at radius 2 is 1.90 bits per heavy atom. The maximum Gasteiger partial charge on any atom is 0.287 e. The topological polar surface area (TPSA) is 52.9 Å². The fraction of sp³-hybridized carbons (Fsp3) is 0.333. The van der Waals surface area contributed by atoms with Crippen molar-refractivity contribution in [3.63, 3.8) is 0 Å². The molecule has 0 saturated carbocycles. The van der Waals surface area contributed by atoms with Gasteiger partial charge >= 0.3 is 0 Å². The van der Waals surface area contributed by atoms with E-state index in [0.717, 1.165) is 12.1 Å². The number of hydrogen-bond acceptors (Lipinski definition) is 3. The zero-order valence-corrected chi connectivity index (χ0v) is 10.3. The van der Waals surface area contributed by atoms with E-state index in [1.165, 1.54) is 12.1 Å². The summed E-state index contributed by atoms with van der Waals surface area (Å²) >= 11 is 0. The van der Waals surface area contributed by atoms with Crippen molar-refractivity contribution in [3.8, 4) is 0 Å². The van der Waals surface area contributed by atoms with Crippen LogP contribution in [0.3, 0.4) is 0 Å². The highest BCUT2D eigenvalue weighted by molar-refractivity contribution is 5.99. The van der Waals surface area contributed by atoms with Crippen LogP contribution in [0.5, 0.6) is 0 Å². The average molecular weight is 308 g/mol. The number of hydrogen-bond donors (Lipinski definition) is 1. The lowest BCUT2D eigenvalue weighted by atomic mass is 10.1. The number of rotatable bonds is 3. The van der Waals surface area contributed by atoms with E-state index in [1.54, 1.807) is 0 Å². The second kappa shape index (κ2) is 5.40. The van der Waals surface area contributed by atoms with Crippen LogP contribution in [0, 0.1) is 5.82 Å². The van der Waals surface area contributed by atoms with Crippen LogP contribution in [-0.2, 0) is 0 Å². The Hall–Kier alpha value is -2.03. The number of carbonyl (C=O) groups is 1. The molecule has 0 unspecified atom stereocenters. The second-order valence-corrected chi connectivity index (χ2v) is 4.34. The summed E-state index contributed by atoms with van der Waals surface area (Å²) in [4.78, 5) is 12.0. The van der Waals surface area contributed by atoms with E-state index in [1.807, 2.05) is 0 Å². The summed E-state index contributed by atoms with van der Waals surface area (Å²) in [6.07, 6.45) is -7.97. The molecule has 9 heteroatoms. The minimum atomic E-state index is -3.55. The van der Waals surface area contributed by atoms with Gasteiger partial charge in [0.1, 0.15) is 11.5 Å². The standard InChI is InChI=1S/C12H9F5N2O2/c13-7-4-2-1-3-6(7)10(20)19-12(21,11(16)17)5-8(18-19)9(14)15/h1-4,9,11,21H,5H2/t12-/m1/s1. The molecule has 1 aliphatic heterocycles. The number of alkyl halides is 4. The molecule has 1 N–H and O–H groups in total. The van der Waals surface area contributed by atoms with Crippen LogP contribution in [0.4, 0.5) is 22.0 Å². The molecule has 0 fully saturated rings. The van der Waals surface area contributed by atoms with Crippen LogP contribution in [0.25, 0.3) is 0 Å². The summed E-state index contributed by atoms with van der Waals surface area (Å²) in [5.41, 5.74) is -4.94. The Morgan fingerprint density at radius 1 is 1.29 bits per heavy atom. The van der Waals surface area contributed by atoms with Gasteiger partial charge in [-0.05, 0) is 12.1 Å². The van der Waals surface area contributed by atoms with Crippen LogP contribution in [0.1, 0.15) is 16.8 Å². The lowest BCUT2D eigenvalue weighted by molar-refractivity contribution is -0.164. The number of carbonyl (C=O) groups excluding carboxylic acids is 1. The first-order chi connectivity index (χ1) is 9.77. The van der Waals surface area contributed by atoms with Gasteiger partial charge < -0.3 is 5.11 Å². The van der Waals surface area contributed by atoms with E-state index in [-0.39, 0.29) is 5.01 Å². The number of halogens is 5. The van der Waals surface area contributed by atoms with E-state index in [2.05, 4.69) is 5.10 Å². The highest BCUT2D eigenvalue weighted by Crippen LogP contribution is 2.34. The van der Waals surface area contributed by atoms with E-state index in [9.17, 15) is 31.9 Å². The molecule has 1 heterocycles. The third-order valence-corrected chi connectivity index (χ3v) is 2.93. The van der Waals surface area contributed by atoms with Gasteiger partial charge in [-0.3, -0.25) is 4.79 Å². The van der Waals surface area contributed by atoms with Crippen molar-refractivity contribution >= 4 is 11.6 Å². The number of amides is 1. The van der Waals surface area contributed by atoms with Gasteiger partial charge in [0.15, 0.2) is 0 Å². The molecule has 1 aromatic rings. The Labute approximate surface area is 115 Å². The lowest BCUT2D eigenvalue weighted by Crippen LogP contribution is -2.51. The number of hydrazone groups is 1. The quantitative estimate of drug-likeness (QED) is 0.871. The Balaban J connectivity index is 2.43. The maximum absolute atomic E-state index is 13.5. The van der Waals surface area contributed by atoms with E-state index < -0.39 is 48.0 Å². The number of nitrogens with zero attached hydrogens (tertiary/aromatic N) is 2. The van der Waals surface area contributed by atoms with Crippen LogP contribution >= 0.6 is 0 Å². The van der Waals surface area contributed by atoms with E-state index >= 15 is 0 Å². The van der Waals surface area contributed by atoms with Crippen molar-refractivity contribution < 1.29 is 31.9 Å². The van der Waals surface area contributed by atoms with Crippen molar-refractivity contribution in [1.82, 2.24) is 5.01 Å². The largest absolute Gasteiger partial charge is 0.364 e. The summed E-state index contributed by atoms with van der Waals surface area (Å²) in [5.74, 6) is -2.47. The lowest BCUT2D eigenvalue weighted by Gasteiger charge is -2.30. The summed E-state index contributed by atoms with van der Waals surface area (Å²) in [6.45, 7) is 0. The SMILES string of the molecule is O=C(c1ccccc1F)N1N=C(C(F)F)C[C@@]1(O)C(F)F. The summed E-state index contributed by atoms with van der Waals surface area (Å²) in [7, 11) is 0. The van der Waals surface area contributed by atoms with Crippen LogP contribution in [0.2, 0.25) is 0 Å². The fourth-order valence-corrected chi connectivity index (χ4v) is 1.85. The second-order valence-electron chi connectivity index (χ2n) is 4.34. The first-order valence-electron chi connectivity index (χ1n) is 5.72. The molecule has 1 atom stereocenters. The van der Waals surface area contributed by atoms with Crippen LogP contribution in [-0.4, -0.2) is 40.3 Å². The molecule has 0 saturated heterocycles. The van der Waals surface area contributed by atoms with Gasteiger partial charge in [0, 0.05) is 6.42 Å². The van der Waals surface area contributed by atoms with E-state index in [0.29, 0.717) is 0 Å². The smallest absolute Gasteiger partial charge is 0.287 e. The predicted octanol–water partition coefficient (Wildman–Crippen LogP) is 2.25. The molecule has 4 nitrogen and oxygen atoms in total. The molecule has 0 radical (unpaired) electrons. The molecule has 1 aliphatic rings. The van der Waals surface area contributed by atoms with Gasteiger partial charge in [0.05, 0.1) is 5.56 Å². The molecule has 0 aliphatic carbocycles. The molecule has 0 spiro atoms. The minimum Gasteiger partial charge on any atom is -0.364 e. The third-order valence-electron chi connectivity index (χ3n) is 2.93. The zero-order chi connectivity index (χ0) is 15.8. The average Bonchev–Trinajstić information content (AvgIpc) is 2.78. The van der Waals surface area contributed by atoms with Gasteiger partial charge in [0.25, 0.3) is 18.8 Å². The van der Waals surface area contributed by atoms with Crippen molar-refractivity contribution in [3.05, 3.63) is 35.6 Å². The molecular formula is C12H9F5N2O2. The molecule has 0 aromatic heterocycles. The maximum atomic E-state index is 13.5. The summed E-state index contributed by atoms with van der Waals surface area (Å²) in [5, 5.41) is 12.6. The van der Waals surface area contributed by atoms with Crippen molar-refractivity contribution in [2.45, 2.75) is 25.0 Å². The Bertz CT molecular complexity index is 593. The molecule has 1 aromatic carbocycles. The summed E-state index contributed by atoms with van der Waals surface area (Å²) in [6, 6.07) is 4.37. The summed E-state index contributed by atoms with van der Waals surface area (Å²) < 4.78 is 64.5. The Morgan fingerprint density at radius 3 is 2.43 bits per heavy atom. The highest BCUT2D eigenvalue weighted by Gasteiger charge is 2.53. The molecule has 1 amide bonds. The van der Waals surface area contributed by atoms with Gasteiger partial charge in [-0.15, -0.1) is 0 Å². The molecule has 2 rings (SSSR count). The third kappa shape index (κ3) is 2.60. The monoisotopic (exact) mass is 308 g/mol. The van der Waals surface area contributed by atoms with Crippen LogP contribution < -0.4 is 0 Å². The van der Waals surface area contributed by atoms with Crippen molar-refractivity contribution in [1.29, 1.82) is 0 Å². The Kier molecular flexibility index (Phi) is 3.95. The molecule has 0 bridgehead atoms. The molecular weight excluding hydrogens is 299 g/mol. The molecule has 21 heavy (non-hydrogen) atoms. The van der Waals surface area contributed by atoms with Gasteiger partial charge in [-0.25, -0.2) is 22.0 Å². The highest BCUT2D eigenvalue weighted by atomic mass is 19.3. The van der Waals surface area contributed by atoms with Crippen LogP contribution in [0.15, 0.2) is 29.4 Å². The fourth-order valence-electron chi connectivity index (χ4n) is 1.85. The van der Waals surface area contributed by atoms with Gasteiger partial charge in [-0.1, -0.05) is 12.1 Å². The normalized spacial score (nSPS) is 22.1. The van der Waals surface area contributed by atoms with Crippen molar-refractivity contribution in [2.75, 3.05) is 0 Å². The number of aliphatic hydroxyl groups is 1. The predicted molar refractivity (Wildman–Crippen MR) is 61.6 cm³/mol. The number of benzene rings is 1. The van der Waals surface area contributed by atoms with Gasteiger partial charge in [-0.2, -0.15) is 10.1 Å². The zero-order valence-electron chi connectivity index (χ0n) is 10.3.